The molecule has 2 aromatic heterocycles. The number of aromatic nitrogens is 2. The summed E-state index contributed by atoms with van der Waals surface area (Å²) in [6.45, 7) is 3.02. The van der Waals surface area contributed by atoms with E-state index in [4.69, 9.17) is 4.42 Å². The number of carbonyl (C=O) groups excluding carboxylic acids is 2. The van der Waals surface area contributed by atoms with Crippen molar-refractivity contribution in [2.45, 2.75) is 38.9 Å². The quantitative estimate of drug-likeness (QED) is 0.910. The zero-order valence-electron chi connectivity index (χ0n) is 12.4. The Bertz CT molecular complexity index is 662. The molecule has 1 N–H and O–H groups in total. The molecule has 0 aliphatic carbocycles. The van der Waals surface area contributed by atoms with Crippen LogP contribution < -0.4 is 5.32 Å². The summed E-state index contributed by atoms with van der Waals surface area (Å²) in [7, 11) is 0. The van der Waals surface area contributed by atoms with Crippen LogP contribution in [0, 0.1) is 0 Å². The molecule has 1 fully saturated rings. The Hall–Kier alpha value is -2.57. The third-order valence-corrected chi connectivity index (χ3v) is 3.75. The maximum absolute atomic E-state index is 12.4. The smallest absolute Gasteiger partial charge is 0.248 e. The van der Waals surface area contributed by atoms with Crippen LogP contribution in [0.1, 0.15) is 25.5 Å². The first kappa shape index (κ1) is 14.4. The van der Waals surface area contributed by atoms with Gasteiger partial charge in [-0.3, -0.25) is 14.3 Å². The van der Waals surface area contributed by atoms with Crippen molar-refractivity contribution < 1.29 is 14.0 Å². The lowest BCUT2D eigenvalue weighted by atomic mass is 10.2. The molecule has 1 saturated heterocycles. The van der Waals surface area contributed by atoms with Gasteiger partial charge in [0.15, 0.2) is 5.82 Å². The van der Waals surface area contributed by atoms with E-state index < -0.39 is 6.04 Å². The molecule has 2 aromatic rings. The highest BCUT2D eigenvalue weighted by molar-refractivity contribution is 5.98. The van der Waals surface area contributed by atoms with Crippen LogP contribution in [0.15, 0.2) is 35.1 Å². The van der Waals surface area contributed by atoms with Gasteiger partial charge in [0, 0.05) is 25.2 Å². The van der Waals surface area contributed by atoms with Crippen LogP contribution in [0.5, 0.6) is 0 Å². The summed E-state index contributed by atoms with van der Waals surface area (Å²) in [5, 5.41) is 7.00. The van der Waals surface area contributed by atoms with E-state index in [2.05, 4.69) is 10.4 Å². The average Bonchev–Trinajstić information content (AvgIpc) is 3.22. The van der Waals surface area contributed by atoms with Gasteiger partial charge in [-0.05, 0) is 25.5 Å². The number of likely N-dealkylation sites (tertiary alicyclic amines) is 1. The molecule has 1 aliphatic rings. The predicted octanol–water partition coefficient (Wildman–Crippen LogP) is 1.63. The first-order valence-electron chi connectivity index (χ1n) is 7.33. The van der Waals surface area contributed by atoms with Crippen molar-refractivity contribution in [3.63, 3.8) is 0 Å². The van der Waals surface area contributed by atoms with Gasteiger partial charge in [0.25, 0.3) is 0 Å². The molecule has 22 heavy (non-hydrogen) atoms. The molecule has 1 aliphatic heterocycles. The van der Waals surface area contributed by atoms with E-state index in [-0.39, 0.29) is 11.8 Å². The zero-order chi connectivity index (χ0) is 15.5. The molecular formula is C15H18N4O3. The minimum atomic E-state index is -0.482. The Morgan fingerprint density at radius 2 is 2.36 bits per heavy atom. The van der Waals surface area contributed by atoms with E-state index in [1.807, 2.05) is 6.92 Å². The highest BCUT2D eigenvalue weighted by Crippen LogP contribution is 2.22. The average molecular weight is 302 g/mol. The molecule has 1 atom stereocenters. The van der Waals surface area contributed by atoms with Crippen molar-refractivity contribution in [3.8, 4) is 0 Å². The van der Waals surface area contributed by atoms with Crippen LogP contribution >= 0.6 is 0 Å². The first-order chi connectivity index (χ1) is 10.7. The fraction of sp³-hybridized carbons (Fsp3) is 0.400. The summed E-state index contributed by atoms with van der Waals surface area (Å²) in [4.78, 5) is 26.0. The van der Waals surface area contributed by atoms with E-state index in [1.165, 1.54) is 0 Å². The normalized spacial score (nSPS) is 18.0. The predicted molar refractivity (Wildman–Crippen MR) is 78.8 cm³/mol. The molecule has 0 aromatic carbocycles. The van der Waals surface area contributed by atoms with E-state index in [9.17, 15) is 9.59 Å². The molecule has 0 spiro atoms. The third kappa shape index (κ3) is 2.88. The molecule has 3 rings (SSSR count). The van der Waals surface area contributed by atoms with Crippen molar-refractivity contribution in [2.75, 3.05) is 5.32 Å². The van der Waals surface area contributed by atoms with Gasteiger partial charge in [-0.15, -0.1) is 0 Å². The number of aryl methyl sites for hydroxylation is 1. The zero-order valence-corrected chi connectivity index (χ0v) is 12.4. The van der Waals surface area contributed by atoms with Crippen LogP contribution in [0.25, 0.3) is 0 Å². The van der Waals surface area contributed by atoms with Crippen LogP contribution in [-0.4, -0.2) is 32.5 Å². The number of hydrogen-bond donors (Lipinski definition) is 1. The summed E-state index contributed by atoms with van der Waals surface area (Å²) in [6.07, 6.45) is 4.25. The van der Waals surface area contributed by atoms with Gasteiger partial charge in [0.2, 0.25) is 11.8 Å². The van der Waals surface area contributed by atoms with Crippen molar-refractivity contribution in [2.24, 2.45) is 0 Å². The monoisotopic (exact) mass is 302 g/mol. The lowest BCUT2D eigenvalue weighted by molar-refractivity contribution is -0.134. The van der Waals surface area contributed by atoms with Crippen molar-refractivity contribution in [3.05, 3.63) is 36.4 Å². The van der Waals surface area contributed by atoms with Crippen molar-refractivity contribution in [1.82, 2.24) is 14.7 Å². The highest BCUT2D eigenvalue weighted by Gasteiger charge is 2.36. The second-order valence-electron chi connectivity index (χ2n) is 5.20. The lowest BCUT2D eigenvalue weighted by Gasteiger charge is -2.22. The van der Waals surface area contributed by atoms with Gasteiger partial charge < -0.3 is 14.6 Å². The number of nitrogens with zero attached hydrogens (tertiary/aromatic N) is 3. The van der Waals surface area contributed by atoms with Crippen molar-refractivity contribution >= 4 is 17.6 Å². The maximum Gasteiger partial charge on any atom is 0.248 e. The van der Waals surface area contributed by atoms with Gasteiger partial charge in [0.05, 0.1) is 12.8 Å². The third-order valence-electron chi connectivity index (χ3n) is 3.75. The van der Waals surface area contributed by atoms with E-state index >= 15 is 0 Å². The highest BCUT2D eigenvalue weighted by atomic mass is 16.3. The van der Waals surface area contributed by atoms with Crippen molar-refractivity contribution in [1.29, 1.82) is 0 Å². The molecule has 2 amide bonds. The van der Waals surface area contributed by atoms with Gasteiger partial charge in [-0.2, -0.15) is 5.10 Å². The maximum atomic E-state index is 12.4. The first-order valence-corrected chi connectivity index (χ1v) is 7.33. The number of carbonyl (C=O) groups is 2. The van der Waals surface area contributed by atoms with E-state index in [0.29, 0.717) is 31.0 Å². The molecule has 0 radical (unpaired) electrons. The number of anilines is 1. The van der Waals surface area contributed by atoms with Crippen LogP contribution in [0.3, 0.4) is 0 Å². The number of nitrogens with one attached hydrogen (secondary N) is 1. The fourth-order valence-corrected chi connectivity index (χ4v) is 2.59. The van der Waals surface area contributed by atoms with Crippen LogP contribution in [0.4, 0.5) is 5.82 Å². The number of furan rings is 1. The van der Waals surface area contributed by atoms with Gasteiger partial charge in [-0.25, -0.2) is 0 Å². The summed E-state index contributed by atoms with van der Waals surface area (Å²) < 4.78 is 7.00. The molecule has 3 heterocycles. The van der Waals surface area contributed by atoms with E-state index in [0.717, 1.165) is 6.54 Å². The number of amides is 2. The summed E-state index contributed by atoms with van der Waals surface area (Å²) in [5.41, 5.74) is 0. The van der Waals surface area contributed by atoms with Crippen LogP contribution in [-0.2, 0) is 22.7 Å². The molecular weight excluding hydrogens is 284 g/mol. The van der Waals surface area contributed by atoms with E-state index in [1.54, 1.807) is 40.2 Å². The fourth-order valence-electron chi connectivity index (χ4n) is 2.59. The molecule has 0 saturated carbocycles. The van der Waals surface area contributed by atoms with Gasteiger partial charge >= 0.3 is 0 Å². The molecule has 7 nitrogen and oxygen atoms in total. The summed E-state index contributed by atoms with van der Waals surface area (Å²) >= 11 is 0. The Kier molecular flexibility index (Phi) is 3.95. The standard InChI is InChI=1S/C15H18N4O3/c1-2-18-8-7-13(17-18)16-15(21)12-5-6-14(20)19(12)10-11-4-3-9-22-11/h3-4,7-9,12H,2,5-6,10H2,1H3,(H,16,17,21)/t12-/m0/s1. The Labute approximate surface area is 127 Å². The SMILES string of the molecule is CCn1ccc(NC(=O)[C@@H]2CCC(=O)N2Cc2ccco2)n1. The second-order valence-corrected chi connectivity index (χ2v) is 5.20. The largest absolute Gasteiger partial charge is 0.467 e. The minimum absolute atomic E-state index is 0.0318. The summed E-state index contributed by atoms with van der Waals surface area (Å²) in [5.74, 6) is 0.932. The molecule has 0 bridgehead atoms. The Balaban J connectivity index is 1.68. The number of rotatable bonds is 5. The molecule has 116 valence electrons. The topological polar surface area (TPSA) is 80.4 Å². The second kappa shape index (κ2) is 6.05. The van der Waals surface area contributed by atoms with Gasteiger partial charge in [0.1, 0.15) is 11.8 Å². The molecule has 7 heteroatoms. The lowest BCUT2D eigenvalue weighted by Crippen LogP contribution is -2.41. The Morgan fingerprint density at radius 3 is 3.05 bits per heavy atom. The Morgan fingerprint density at radius 1 is 1.50 bits per heavy atom. The molecule has 0 unspecified atom stereocenters. The van der Waals surface area contributed by atoms with Gasteiger partial charge in [-0.1, -0.05) is 0 Å². The van der Waals surface area contributed by atoms with Crippen LogP contribution in [0.2, 0.25) is 0 Å². The number of hydrogen-bond acceptors (Lipinski definition) is 4. The minimum Gasteiger partial charge on any atom is -0.467 e. The summed E-state index contributed by atoms with van der Waals surface area (Å²) in [6, 6.07) is 4.82.